The van der Waals surface area contributed by atoms with Crippen LogP contribution in [0.15, 0.2) is 24.3 Å². The summed E-state index contributed by atoms with van der Waals surface area (Å²) in [5, 5.41) is 3.46. The quantitative estimate of drug-likeness (QED) is 0.829. The molecule has 1 aliphatic carbocycles. The van der Waals surface area contributed by atoms with E-state index in [2.05, 4.69) is 10.1 Å². The van der Waals surface area contributed by atoms with Gasteiger partial charge in [-0.15, -0.1) is 0 Å². The van der Waals surface area contributed by atoms with Crippen molar-refractivity contribution in [3.63, 3.8) is 0 Å². The number of halogens is 2. The Balaban J connectivity index is 1.92. The largest absolute Gasteiger partial charge is 0.434 e. The molecule has 0 aliphatic heterocycles. The van der Waals surface area contributed by atoms with Crippen molar-refractivity contribution in [1.29, 1.82) is 0 Å². The SMILES string of the molecule is CC(NCC1CCCCC1)c1ccccc1OC(F)F. The molecule has 0 aromatic heterocycles. The van der Waals surface area contributed by atoms with Crippen molar-refractivity contribution < 1.29 is 13.5 Å². The molecule has 1 unspecified atom stereocenters. The predicted molar refractivity (Wildman–Crippen MR) is 76.1 cm³/mol. The first-order chi connectivity index (χ1) is 9.66. The number of ether oxygens (including phenoxy) is 1. The highest BCUT2D eigenvalue weighted by molar-refractivity contribution is 5.35. The van der Waals surface area contributed by atoms with E-state index in [9.17, 15) is 8.78 Å². The Morgan fingerprint density at radius 2 is 1.90 bits per heavy atom. The second kappa shape index (κ2) is 7.58. The van der Waals surface area contributed by atoms with E-state index in [0.29, 0.717) is 0 Å². The van der Waals surface area contributed by atoms with Gasteiger partial charge in [0.25, 0.3) is 0 Å². The highest BCUT2D eigenvalue weighted by Crippen LogP contribution is 2.28. The third-order valence-corrected chi connectivity index (χ3v) is 4.04. The van der Waals surface area contributed by atoms with Gasteiger partial charge < -0.3 is 10.1 Å². The third kappa shape index (κ3) is 4.44. The van der Waals surface area contributed by atoms with Crippen LogP contribution in [0.3, 0.4) is 0 Å². The van der Waals surface area contributed by atoms with Crippen LogP contribution in [0, 0.1) is 5.92 Å². The number of hydrogen-bond donors (Lipinski definition) is 1. The van der Waals surface area contributed by atoms with E-state index in [4.69, 9.17) is 0 Å². The summed E-state index contributed by atoms with van der Waals surface area (Å²) < 4.78 is 29.4. The average Bonchev–Trinajstić information content (AvgIpc) is 2.46. The van der Waals surface area contributed by atoms with Crippen LogP contribution in [0.25, 0.3) is 0 Å². The average molecular weight is 283 g/mol. The summed E-state index contributed by atoms with van der Waals surface area (Å²) in [6.45, 7) is 0.169. The Bertz CT molecular complexity index is 405. The van der Waals surface area contributed by atoms with Gasteiger partial charge in [0.1, 0.15) is 5.75 Å². The molecule has 0 radical (unpaired) electrons. The van der Waals surface area contributed by atoms with Gasteiger partial charge in [-0.2, -0.15) is 8.78 Å². The van der Waals surface area contributed by atoms with Gasteiger partial charge in [-0.05, 0) is 38.3 Å². The number of rotatable bonds is 6. The standard InChI is InChI=1S/C16H23F2NO/c1-12(19-11-13-7-3-2-4-8-13)14-9-5-6-10-15(14)20-16(17)18/h5-6,9-10,12-13,16,19H,2-4,7-8,11H2,1H3. The van der Waals surface area contributed by atoms with Crippen molar-refractivity contribution >= 4 is 0 Å². The maximum Gasteiger partial charge on any atom is 0.387 e. The fourth-order valence-corrected chi connectivity index (χ4v) is 2.89. The second-order valence-corrected chi connectivity index (χ2v) is 5.55. The van der Waals surface area contributed by atoms with Gasteiger partial charge in [0, 0.05) is 11.6 Å². The molecule has 2 nitrogen and oxygen atoms in total. The lowest BCUT2D eigenvalue weighted by Crippen LogP contribution is -2.27. The third-order valence-electron chi connectivity index (χ3n) is 4.04. The predicted octanol–water partition coefficient (Wildman–Crippen LogP) is 4.52. The van der Waals surface area contributed by atoms with Crippen LogP contribution in [0.4, 0.5) is 8.78 Å². The van der Waals surface area contributed by atoms with Crippen molar-refractivity contribution in [2.45, 2.75) is 51.7 Å². The molecule has 1 fully saturated rings. The van der Waals surface area contributed by atoms with Crippen molar-refractivity contribution in [3.8, 4) is 5.75 Å². The summed E-state index contributed by atoms with van der Waals surface area (Å²) in [7, 11) is 0. The molecule has 0 amide bonds. The van der Waals surface area contributed by atoms with Crippen LogP contribution in [-0.2, 0) is 0 Å². The summed E-state index contributed by atoms with van der Waals surface area (Å²) in [4.78, 5) is 0. The first-order valence-corrected chi connectivity index (χ1v) is 7.44. The highest BCUT2D eigenvalue weighted by Gasteiger charge is 2.17. The molecule has 0 bridgehead atoms. The molecular weight excluding hydrogens is 260 g/mol. The molecule has 0 saturated heterocycles. The van der Waals surface area contributed by atoms with Crippen LogP contribution < -0.4 is 10.1 Å². The Hall–Kier alpha value is -1.16. The zero-order chi connectivity index (χ0) is 14.4. The number of nitrogens with one attached hydrogen (secondary N) is 1. The van der Waals surface area contributed by atoms with Crippen LogP contribution >= 0.6 is 0 Å². The summed E-state index contributed by atoms with van der Waals surface area (Å²) >= 11 is 0. The second-order valence-electron chi connectivity index (χ2n) is 5.55. The lowest BCUT2D eigenvalue weighted by atomic mass is 9.89. The molecule has 2 rings (SSSR count). The zero-order valence-electron chi connectivity index (χ0n) is 11.9. The lowest BCUT2D eigenvalue weighted by molar-refractivity contribution is -0.0506. The van der Waals surface area contributed by atoms with Crippen molar-refractivity contribution in [3.05, 3.63) is 29.8 Å². The minimum atomic E-state index is -2.78. The van der Waals surface area contributed by atoms with Crippen LogP contribution in [0.1, 0.15) is 50.6 Å². The van der Waals surface area contributed by atoms with E-state index in [1.165, 1.54) is 32.1 Å². The van der Waals surface area contributed by atoms with E-state index in [0.717, 1.165) is 18.0 Å². The minimum absolute atomic E-state index is 0.0203. The van der Waals surface area contributed by atoms with Gasteiger partial charge >= 0.3 is 6.61 Å². The molecule has 1 aromatic rings. The molecular formula is C16H23F2NO. The maximum absolute atomic E-state index is 12.4. The summed E-state index contributed by atoms with van der Waals surface area (Å²) in [5.41, 5.74) is 0.795. The number of benzene rings is 1. The molecule has 0 heterocycles. The van der Waals surface area contributed by atoms with E-state index >= 15 is 0 Å². The molecule has 20 heavy (non-hydrogen) atoms. The molecule has 1 saturated carbocycles. The number of para-hydroxylation sites is 1. The summed E-state index contributed by atoms with van der Waals surface area (Å²) in [6.07, 6.45) is 6.51. The van der Waals surface area contributed by atoms with E-state index in [1.807, 2.05) is 19.1 Å². The topological polar surface area (TPSA) is 21.3 Å². The van der Waals surface area contributed by atoms with Gasteiger partial charge in [-0.1, -0.05) is 37.5 Å². The van der Waals surface area contributed by atoms with Gasteiger partial charge in [0.05, 0.1) is 0 Å². The normalized spacial score (nSPS) is 18.2. The van der Waals surface area contributed by atoms with Crippen LogP contribution in [0.5, 0.6) is 5.75 Å². The fraction of sp³-hybridized carbons (Fsp3) is 0.625. The van der Waals surface area contributed by atoms with Crippen LogP contribution in [-0.4, -0.2) is 13.2 Å². The van der Waals surface area contributed by atoms with Gasteiger partial charge in [0.15, 0.2) is 0 Å². The first-order valence-electron chi connectivity index (χ1n) is 7.44. The summed E-state index contributed by atoms with van der Waals surface area (Å²) in [5.74, 6) is 0.987. The Kier molecular flexibility index (Phi) is 5.77. The van der Waals surface area contributed by atoms with E-state index < -0.39 is 6.61 Å². The summed E-state index contributed by atoms with van der Waals surface area (Å²) in [6, 6.07) is 7.03. The Morgan fingerprint density at radius 3 is 2.60 bits per heavy atom. The van der Waals surface area contributed by atoms with Crippen molar-refractivity contribution in [2.24, 2.45) is 5.92 Å². The molecule has 0 spiro atoms. The zero-order valence-corrected chi connectivity index (χ0v) is 11.9. The molecule has 4 heteroatoms. The van der Waals surface area contributed by atoms with Crippen molar-refractivity contribution in [1.82, 2.24) is 5.32 Å². The van der Waals surface area contributed by atoms with Gasteiger partial charge in [0.2, 0.25) is 0 Å². The fourth-order valence-electron chi connectivity index (χ4n) is 2.89. The minimum Gasteiger partial charge on any atom is -0.434 e. The maximum atomic E-state index is 12.4. The van der Waals surface area contributed by atoms with Crippen molar-refractivity contribution in [2.75, 3.05) is 6.54 Å². The molecule has 1 aromatic carbocycles. The van der Waals surface area contributed by atoms with E-state index in [1.54, 1.807) is 12.1 Å². The Labute approximate surface area is 119 Å². The lowest BCUT2D eigenvalue weighted by Gasteiger charge is -2.25. The molecule has 1 N–H and O–H groups in total. The van der Waals surface area contributed by atoms with E-state index in [-0.39, 0.29) is 11.8 Å². The number of hydrogen-bond acceptors (Lipinski definition) is 2. The molecule has 1 aliphatic rings. The Morgan fingerprint density at radius 1 is 1.20 bits per heavy atom. The molecule has 1 atom stereocenters. The van der Waals surface area contributed by atoms with Gasteiger partial charge in [-0.25, -0.2) is 0 Å². The molecule has 112 valence electrons. The van der Waals surface area contributed by atoms with Crippen LogP contribution in [0.2, 0.25) is 0 Å². The smallest absolute Gasteiger partial charge is 0.387 e. The van der Waals surface area contributed by atoms with Gasteiger partial charge in [-0.3, -0.25) is 0 Å². The highest BCUT2D eigenvalue weighted by atomic mass is 19.3. The number of alkyl halides is 2. The first kappa shape index (κ1) is 15.2. The monoisotopic (exact) mass is 283 g/mol.